The molecule has 1 saturated carbocycles. The van der Waals surface area contributed by atoms with Gasteiger partial charge in [-0.15, -0.1) is 13.2 Å². The maximum atomic E-state index is 15.2. The minimum Gasteiger partial charge on any atom is -0.479 e. The third-order valence-electron chi connectivity index (χ3n) is 7.88. The lowest BCUT2D eigenvalue weighted by Gasteiger charge is -2.49. The van der Waals surface area contributed by atoms with Gasteiger partial charge in [-0.3, -0.25) is 0 Å². The van der Waals surface area contributed by atoms with E-state index in [0.717, 1.165) is 38.7 Å². The molecule has 1 aliphatic carbocycles. The van der Waals surface area contributed by atoms with E-state index in [-0.39, 0.29) is 23.0 Å². The van der Waals surface area contributed by atoms with Gasteiger partial charge in [0.15, 0.2) is 23.2 Å². The normalized spacial score (nSPS) is 27.8. The summed E-state index contributed by atoms with van der Waals surface area (Å²) < 4.78 is 96.3. The Kier molecular flexibility index (Phi) is 6.64. The van der Waals surface area contributed by atoms with E-state index in [2.05, 4.69) is 11.7 Å². The highest BCUT2D eigenvalue weighted by molar-refractivity contribution is 5.70. The van der Waals surface area contributed by atoms with Crippen molar-refractivity contribution in [3.8, 4) is 22.6 Å². The Morgan fingerprint density at radius 3 is 2.28 bits per heavy atom. The van der Waals surface area contributed by atoms with E-state index in [1.54, 1.807) is 6.07 Å². The lowest BCUT2D eigenvalue weighted by Crippen LogP contribution is -2.47. The Morgan fingerprint density at radius 2 is 1.69 bits per heavy atom. The Labute approximate surface area is 205 Å². The molecule has 2 heterocycles. The quantitative estimate of drug-likeness (QED) is 0.378. The Bertz CT molecular complexity index is 1090. The second-order valence-electron chi connectivity index (χ2n) is 10.2. The predicted molar refractivity (Wildman–Crippen MR) is 120 cm³/mol. The van der Waals surface area contributed by atoms with Crippen molar-refractivity contribution in [2.45, 2.75) is 76.4 Å². The number of hydrogen-bond donors (Lipinski definition) is 0. The van der Waals surface area contributed by atoms with Crippen LogP contribution in [-0.4, -0.2) is 19.1 Å². The monoisotopic (exact) mass is 514 g/mol. The van der Waals surface area contributed by atoms with Gasteiger partial charge in [0.1, 0.15) is 5.60 Å². The fraction of sp³-hybridized carbons (Fsp3) is 0.556. The summed E-state index contributed by atoms with van der Waals surface area (Å²) in [5.41, 5.74) is -0.270. The maximum Gasteiger partial charge on any atom is 0.573 e. The summed E-state index contributed by atoms with van der Waals surface area (Å²) in [5.74, 6) is -4.41. The van der Waals surface area contributed by atoms with Crippen molar-refractivity contribution >= 4 is 0 Å². The zero-order valence-electron chi connectivity index (χ0n) is 19.9. The summed E-state index contributed by atoms with van der Waals surface area (Å²) >= 11 is 0. The van der Waals surface area contributed by atoms with Gasteiger partial charge in [0.2, 0.25) is 5.75 Å². The van der Waals surface area contributed by atoms with Gasteiger partial charge >= 0.3 is 6.36 Å². The highest BCUT2D eigenvalue weighted by Crippen LogP contribution is 2.56. The first-order valence-electron chi connectivity index (χ1n) is 12.5. The second kappa shape index (κ2) is 9.47. The molecule has 2 atom stereocenters. The van der Waals surface area contributed by atoms with E-state index in [4.69, 9.17) is 9.47 Å². The van der Waals surface area contributed by atoms with Gasteiger partial charge < -0.3 is 14.2 Å². The van der Waals surface area contributed by atoms with Crippen LogP contribution in [0.15, 0.2) is 24.3 Å². The third-order valence-corrected chi connectivity index (χ3v) is 7.88. The maximum absolute atomic E-state index is 15.2. The summed E-state index contributed by atoms with van der Waals surface area (Å²) in [6, 6.07) is 4.30. The molecule has 2 unspecified atom stereocenters. The van der Waals surface area contributed by atoms with Crippen LogP contribution in [0, 0.1) is 29.3 Å². The SMILES string of the molecule is CCCC1CCC(C2CCC3(CC2)Oc2c3ccc(-c3cc(F)c(OC(F)(F)F)c(F)c3)c2F)OC1. The Morgan fingerprint density at radius 1 is 1.00 bits per heavy atom. The smallest absolute Gasteiger partial charge is 0.479 e. The van der Waals surface area contributed by atoms with Gasteiger partial charge in [-0.05, 0) is 74.5 Å². The fourth-order valence-corrected chi connectivity index (χ4v) is 6.05. The summed E-state index contributed by atoms with van der Waals surface area (Å²) in [4.78, 5) is 0. The minimum absolute atomic E-state index is 0.0266. The first-order chi connectivity index (χ1) is 17.1. The Balaban J connectivity index is 1.28. The molecule has 0 aromatic heterocycles. The largest absolute Gasteiger partial charge is 0.573 e. The van der Waals surface area contributed by atoms with Crippen LogP contribution in [-0.2, 0) is 10.3 Å². The van der Waals surface area contributed by atoms with Crippen LogP contribution < -0.4 is 9.47 Å². The molecule has 1 spiro atoms. The number of halogens is 6. The second-order valence-corrected chi connectivity index (χ2v) is 10.2. The van der Waals surface area contributed by atoms with Gasteiger partial charge in [-0.25, -0.2) is 13.2 Å². The number of ether oxygens (including phenoxy) is 3. The van der Waals surface area contributed by atoms with Crippen LogP contribution in [0.3, 0.4) is 0 Å². The molecule has 0 N–H and O–H groups in total. The predicted octanol–water partition coefficient (Wildman–Crippen LogP) is 8.04. The molecule has 0 bridgehead atoms. The average Bonchev–Trinajstić information content (AvgIpc) is 2.82. The summed E-state index contributed by atoms with van der Waals surface area (Å²) in [7, 11) is 0. The van der Waals surface area contributed by atoms with Crippen molar-refractivity contribution < 1.29 is 40.6 Å². The molecule has 2 aromatic rings. The molecule has 2 aliphatic heterocycles. The molecule has 9 heteroatoms. The summed E-state index contributed by atoms with van der Waals surface area (Å²) in [6.07, 6.45) is 2.89. The van der Waals surface area contributed by atoms with E-state index in [0.29, 0.717) is 29.5 Å². The third kappa shape index (κ3) is 4.66. The summed E-state index contributed by atoms with van der Waals surface area (Å²) in [5, 5.41) is 0. The van der Waals surface area contributed by atoms with Crippen LogP contribution >= 0.6 is 0 Å². The number of benzene rings is 2. The molecule has 3 nitrogen and oxygen atoms in total. The fourth-order valence-electron chi connectivity index (χ4n) is 6.05. The van der Waals surface area contributed by atoms with Gasteiger partial charge in [0.25, 0.3) is 0 Å². The molecule has 0 amide bonds. The van der Waals surface area contributed by atoms with Crippen LogP contribution in [0.5, 0.6) is 11.5 Å². The molecular weight excluding hydrogens is 486 g/mol. The van der Waals surface area contributed by atoms with Crippen molar-refractivity contribution in [2.75, 3.05) is 6.61 Å². The van der Waals surface area contributed by atoms with Crippen LogP contribution in [0.1, 0.15) is 63.9 Å². The minimum atomic E-state index is -5.26. The average molecular weight is 515 g/mol. The van der Waals surface area contributed by atoms with Crippen LogP contribution in [0.2, 0.25) is 0 Å². The molecule has 0 radical (unpaired) electrons. The first-order valence-corrected chi connectivity index (χ1v) is 12.5. The standard InChI is InChI=1S/C27H28F6O3/c1-2-3-15-4-7-22(34-14-15)16-8-10-26(11-9-16)19-6-5-18(23(30)24(19)35-26)17-12-20(28)25(21(29)13-17)36-27(31,32)33/h5-6,12-13,15-16,22H,2-4,7-11,14H2,1H3. The Hall–Kier alpha value is -2.42. The number of rotatable bonds is 5. The molecule has 3 aliphatic rings. The van der Waals surface area contributed by atoms with Gasteiger partial charge in [0, 0.05) is 17.7 Å². The van der Waals surface area contributed by atoms with E-state index in [1.807, 2.05) is 0 Å². The molecule has 1 saturated heterocycles. The van der Waals surface area contributed by atoms with Crippen molar-refractivity contribution in [2.24, 2.45) is 11.8 Å². The van der Waals surface area contributed by atoms with Crippen molar-refractivity contribution in [1.29, 1.82) is 0 Å². The number of hydrogen-bond acceptors (Lipinski definition) is 3. The van der Waals surface area contributed by atoms with E-state index in [9.17, 15) is 22.0 Å². The molecule has 2 aromatic carbocycles. The lowest BCUT2D eigenvalue weighted by atomic mass is 9.69. The number of fused-ring (bicyclic) bond motifs is 2. The van der Waals surface area contributed by atoms with Crippen molar-refractivity contribution in [3.63, 3.8) is 0 Å². The highest BCUT2D eigenvalue weighted by atomic mass is 19.4. The molecule has 2 fully saturated rings. The van der Waals surface area contributed by atoms with Crippen molar-refractivity contribution in [1.82, 2.24) is 0 Å². The molecule has 36 heavy (non-hydrogen) atoms. The van der Waals surface area contributed by atoms with Gasteiger partial charge in [0.05, 0.1) is 6.10 Å². The van der Waals surface area contributed by atoms with Crippen molar-refractivity contribution in [3.05, 3.63) is 47.3 Å². The van der Waals surface area contributed by atoms with E-state index in [1.165, 1.54) is 25.3 Å². The molecule has 196 valence electrons. The lowest BCUT2D eigenvalue weighted by molar-refractivity contribution is -0.276. The topological polar surface area (TPSA) is 27.7 Å². The van der Waals surface area contributed by atoms with Crippen LogP contribution in [0.4, 0.5) is 26.3 Å². The number of alkyl halides is 3. The highest BCUT2D eigenvalue weighted by Gasteiger charge is 2.50. The zero-order chi connectivity index (χ0) is 25.7. The molecular formula is C27H28F6O3. The molecule has 5 rings (SSSR count). The van der Waals surface area contributed by atoms with E-state index >= 15 is 4.39 Å². The van der Waals surface area contributed by atoms with Gasteiger partial charge in [-0.2, -0.15) is 0 Å². The van der Waals surface area contributed by atoms with Crippen LogP contribution in [0.25, 0.3) is 11.1 Å². The first kappa shape index (κ1) is 25.2. The summed E-state index contributed by atoms with van der Waals surface area (Å²) in [6.45, 7) is 3.01. The zero-order valence-corrected chi connectivity index (χ0v) is 19.9. The van der Waals surface area contributed by atoms with Gasteiger partial charge in [-0.1, -0.05) is 25.5 Å². The van der Waals surface area contributed by atoms with E-state index < -0.39 is 35.2 Å².